The van der Waals surface area contributed by atoms with Gasteiger partial charge in [0.05, 0.1) is 16.4 Å². The van der Waals surface area contributed by atoms with Crippen LogP contribution in [0, 0.1) is 5.82 Å². The normalized spacial score (nSPS) is 10.3. The second-order valence-corrected chi connectivity index (χ2v) is 4.86. The Bertz CT molecular complexity index is 628. The number of anilines is 2. The maximum absolute atomic E-state index is 13.1. The van der Waals surface area contributed by atoms with Crippen molar-refractivity contribution in [2.45, 2.75) is 0 Å². The quantitative estimate of drug-likeness (QED) is 0.880. The lowest BCUT2D eigenvalue weighted by molar-refractivity contribution is 0.0697. The van der Waals surface area contributed by atoms with E-state index in [1.165, 1.54) is 24.5 Å². The average Bonchev–Trinajstić information content (AvgIpc) is 2.34. The highest BCUT2D eigenvalue weighted by atomic mass is 79.9. The highest BCUT2D eigenvalue weighted by Crippen LogP contribution is 2.34. The van der Waals surface area contributed by atoms with Gasteiger partial charge in [-0.2, -0.15) is 0 Å². The van der Waals surface area contributed by atoms with Crippen molar-refractivity contribution < 1.29 is 14.3 Å². The number of carboxylic acid groups (broad SMARTS) is 1. The van der Waals surface area contributed by atoms with E-state index in [9.17, 15) is 9.18 Å². The predicted molar refractivity (Wildman–Crippen MR) is 73.6 cm³/mol. The van der Waals surface area contributed by atoms with Crippen molar-refractivity contribution in [3.05, 3.63) is 51.5 Å². The molecular weight excluding hydrogens is 338 g/mol. The molecule has 2 aromatic rings. The molecule has 1 aromatic carbocycles. The van der Waals surface area contributed by atoms with Gasteiger partial charge in [-0.1, -0.05) is 11.6 Å². The zero-order valence-corrected chi connectivity index (χ0v) is 11.7. The van der Waals surface area contributed by atoms with Crippen molar-refractivity contribution in [3.8, 4) is 0 Å². The highest BCUT2D eigenvalue weighted by molar-refractivity contribution is 9.10. The number of carboxylic acids is 1. The molecule has 0 unspecified atom stereocenters. The van der Waals surface area contributed by atoms with Crippen LogP contribution in [0.25, 0.3) is 0 Å². The van der Waals surface area contributed by atoms with Crippen LogP contribution < -0.4 is 5.32 Å². The molecular formula is C12H7BrClFN2O2. The van der Waals surface area contributed by atoms with Crippen molar-refractivity contribution in [1.29, 1.82) is 0 Å². The first-order chi connectivity index (χ1) is 8.99. The zero-order chi connectivity index (χ0) is 14.0. The van der Waals surface area contributed by atoms with E-state index in [-0.39, 0.29) is 10.6 Å². The minimum Gasteiger partial charge on any atom is -0.478 e. The van der Waals surface area contributed by atoms with Gasteiger partial charge in [0.15, 0.2) is 0 Å². The van der Waals surface area contributed by atoms with Gasteiger partial charge in [0.25, 0.3) is 0 Å². The molecule has 0 atom stereocenters. The van der Waals surface area contributed by atoms with Crippen LogP contribution in [-0.4, -0.2) is 16.1 Å². The van der Waals surface area contributed by atoms with Crippen LogP contribution in [-0.2, 0) is 0 Å². The Balaban J connectivity index is 2.45. The summed E-state index contributed by atoms with van der Waals surface area (Å²) in [5.74, 6) is -1.61. The third-order valence-electron chi connectivity index (χ3n) is 2.32. The van der Waals surface area contributed by atoms with Gasteiger partial charge in [0, 0.05) is 16.9 Å². The maximum Gasteiger partial charge on any atom is 0.339 e. The molecule has 19 heavy (non-hydrogen) atoms. The van der Waals surface area contributed by atoms with Gasteiger partial charge in [-0.3, -0.25) is 4.98 Å². The first-order valence-corrected chi connectivity index (χ1v) is 6.25. The van der Waals surface area contributed by atoms with E-state index < -0.39 is 11.8 Å². The Hall–Kier alpha value is -1.66. The van der Waals surface area contributed by atoms with Gasteiger partial charge in [0.2, 0.25) is 0 Å². The maximum atomic E-state index is 13.1. The minimum atomic E-state index is -1.12. The minimum absolute atomic E-state index is 0.00482. The largest absolute Gasteiger partial charge is 0.478 e. The van der Waals surface area contributed by atoms with Gasteiger partial charge in [-0.05, 0) is 34.1 Å². The Kier molecular flexibility index (Phi) is 4.01. The summed E-state index contributed by atoms with van der Waals surface area (Å²) in [6, 6.07) is 3.86. The second-order valence-electron chi connectivity index (χ2n) is 3.60. The van der Waals surface area contributed by atoms with Crippen molar-refractivity contribution in [3.63, 3.8) is 0 Å². The summed E-state index contributed by atoms with van der Waals surface area (Å²) in [6.45, 7) is 0. The van der Waals surface area contributed by atoms with Crippen molar-refractivity contribution in [2.24, 2.45) is 0 Å². The number of nitrogens with zero attached hydrogens (tertiary/aromatic N) is 1. The topological polar surface area (TPSA) is 62.2 Å². The number of nitrogens with one attached hydrogen (secondary N) is 1. The number of aromatic carboxylic acids is 1. The van der Waals surface area contributed by atoms with E-state index in [0.717, 1.165) is 6.07 Å². The summed E-state index contributed by atoms with van der Waals surface area (Å²) >= 11 is 9.09. The lowest BCUT2D eigenvalue weighted by atomic mass is 10.2. The molecule has 0 fully saturated rings. The number of rotatable bonds is 3. The van der Waals surface area contributed by atoms with Crippen LogP contribution >= 0.6 is 27.5 Å². The lowest BCUT2D eigenvalue weighted by Gasteiger charge is -2.12. The lowest BCUT2D eigenvalue weighted by Crippen LogP contribution is -2.04. The molecule has 0 saturated heterocycles. The summed E-state index contributed by atoms with van der Waals surface area (Å²) in [7, 11) is 0. The number of carbonyl (C=O) groups is 1. The van der Waals surface area contributed by atoms with Crippen LogP contribution in [0.3, 0.4) is 0 Å². The smallest absolute Gasteiger partial charge is 0.339 e. The Morgan fingerprint density at radius 3 is 2.84 bits per heavy atom. The summed E-state index contributed by atoms with van der Waals surface area (Å²) in [5, 5.41) is 12.0. The molecule has 98 valence electrons. The molecule has 1 aromatic heterocycles. The van der Waals surface area contributed by atoms with Gasteiger partial charge in [-0.15, -0.1) is 0 Å². The molecule has 7 heteroatoms. The fraction of sp³-hybridized carbons (Fsp3) is 0. The highest BCUT2D eigenvalue weighted by Gasteiger charge is 2.13. The molecule has 0 radical (unpaired) electrons. The van der Waals surface area contributed by atoms with E-state index in [2.05, 4.69) is 26.2 Å². The molecule has 0 spiro atoms. The summed E-state index contributed by atoms with van der Waals surface area (Å²) < 4.78 is 13.5. The van der Waals surface area contributed by atoms with Crippen molar-refractivity contribution in [1.82, 2.24) is 4.98 Å². The number of hydrogen-bond acceptors (Lipinski definition) is 3. The summed E-state index contributed by atoms with van der Waals surface area (Å²) in [6.07, 6.45) is 2.66. The molecule has 0 bridgehead atoms. The average molecular weight is 346 g/mol. The molecule has 4 nitrogen and oxygen atoms in total. The zero-order valence-electron chi connectivity index (χ0n) is 9.32. The number of aromatic nitrogens is 1. The van der Waals surface area contributed by atoms with Gasteiger partial charge >= 0.3 is 5.97 Å². The van der Waals surface area contributed by atoms with Crippen LogP contribution in [0.15, 0.2) is 35.1 Å². The third kappa shape index (κ3) is 3.02. The number of benzene rings is 1. The number of pyridine rings is 1. The van der Waals surface area contributed by atoms with Crippen LogP contribution in [0.4, 0.5) is 15.8 Å². The SMILES string of the molecule is O=C(O)c1cnccc1Nc1c(Cl)cc(F)cc1Br. The first-order valence-electron chi connectivity index (χ1n) is 5.08. The summed E-state index contributed by atoms with van der Waals surface area (Å²) in [4.78, 5) is 14.8. The molecule has 0 aliphatic rings. The first kappa shape index (κ1) is 13.8. The monoisotopic (exact) mass is 344 g/mol. The van der Waals surface area contributed by atoms with Gasteiger partial charge in [0.1, 0.15) is 11.4 Å². The van der Waals surface area contributed by atoms with Gasteiger partial charge < -0.3 is 10.4 Å². The third-order valence-corrected chi connectivity index (χ3v) is 3.24. The van der Waals surface area contributed by atoms with Gasteiger partial charge in [-0.25, -0.2) is 9.18 Å². The fourth-order valence-electron chi connectivity index (χ4n) is 1.47. The molecule has 2 N–H and O–H groups in total. The molecule has 2 rings (SSSR count). The molecule has 0 aliphatic carbocycles. The van der Waals surface area contributed by atoms with Crippen LogP contribution in [0.5, 0.6) is 0 Å². The standard InChI is InChI=1S/C12H7BrClFN2O2/c13-8-3-6(15)4-9(14)11(8)17-10-1-2-16-5-7(10)12(18)19/h1-5H,(H,16,17)(H,18,19). The van der Waals surface area contributed by atoms with E-state index >= 15 is 0 Å². The Labute approximate surface area is 121 Å². The van der Waals surface area contributed by atoms with E-state index in [4.69, 9.17) is 16.7 Å². The molecule has 0 amide bonds. The molecule has 0 aliphatic heterocycles. The number of halogens is 3. The van der Waals surface area contributed by atoms with Crippen LogP contribution in [0.2, 0.25) is 5.02 Å². The second kappa shape index (κ2) is 5.54. The molecule has 1 heterocycles. The Morgan fingerprint density at radius 1 is 1.47 bits per heavy atom. The number of hydrogen-bond donors (Lipinski definition) is 2. The van der Waals surface area contributed by atoms with Crippen molar-refractivity contribution >= 4 is 44.9 Å². The molecule has 0 saturated carbocycles. The van der Waals surface area contributed by atoms with E-state index in [1.807, 2.05) is 0 Å². The summed E-state index contributed by atoms with van der Waals surface area (Å²) in [5.41, 5.74) is 0.697. The van der Waals surface area contributed by atoms with Crippen LogP contribution in [0.1, 0.15) is 10.4 Å². The van der Waals surface area contributed by atoms with E-state index in [1.54, 1.807) is 0 Å². The Morgan fingerprint density at radius 2 is 2.21 bits per heavy atom. The fourth-order valence-corrected chi connectivity index (χ4v) is 2.37. The predicted octanol–water partition coefficient (Wildman–Crippen LogP) is 4.08. The van der Waals surface area contributed by atoms with E-state index in [0.29, 0.717) is 15.8 Å². The van der Waals surface area contributed by atoms with Crippen molar-refractivity contribution in [2.75, 3.05) is 5.32 Å².